The maximum absolute atomic E-state index is 14.0. The maximum Gasteiger partial charge on any atom is 0.344 e. The first-order valence-corrected chi connectivity index (χ1v) is 11.5. The van der Waals surface area contributed by atoms with Gasteiger partial charge in [0, 0.05) is 5.39 Å². The molecular formula is C24H24NO3P. The summed E-state index contributed by atoms with van der Waals surface area (Å²) in [6.45, 7) is 4.26. The number of hydrogen-bond acceptors (Lipinski definition) is 4. The number of hydrogen-bond donors (Lipinski definition) is 0. The van der Waals surface area contributed by atoms with Gasteiger partial charge in [-0.05, 0) is 42.3 Å². The second-order valence-corrected chi connectivity index (χ2v) is 8.89. The molecule has 0 saturated heterocycles. The van der Waals surface area contributed by atoms with Gasteiger partial charge in [-0.3, -0.25) is 9.55 Å². The molecule has 0 aliphatic heterocycles. The number of benzene rings is 3. The highest BCUT2D eigenvalue weighted by Gasteiger charge is 2.40. The lowest BCUT2D eigenvalue weighted by molar-refractivity contribution is 0.215. The molecule has 0 aliphatic carbocycles. The Morgan fingerprint density at radius 2 is 1.45 bits per heavy atom. The van der Waals surface area contributed by atoms with Crippen LogP contribution >= 0.6 is 7.60 Å². The Morgan fingerprint density at radius 3 is 2.21 bits per heavy atom. The third-order valence-corrected chi connectivity index (χ3v) is 7.36. The van der Waals surface area contributed by atoms with Gasteiger partial charge in [0.2, 0.25) is 0 Å². The molecule has 0 saturated carbocycles. The van der Waals surface area contributed by atoms with Crippen LogP contribution in [0.5, 0.6) is 0 Å². The summed E-state index contributed by atoms with van der Waals surface area (Å²) in [6, 6.07) is 26.0. The van der Waals surface area contributed by atoms with Crippen LogP contribution in [-0.4, -0.2) is 18.2 Å². The third-order valence-electron chi connectivity index (χ3n) is 4.95. The average molecular weight is 405 g/mol. The molecule has 0 bridgehead atoms. The van der Waals surface area contributed by atoms with Crippen LogP contribution in [0.1, 0.15) is 30.8 Å². The fraction of sp³-hybridized carbons (Fsp3) is 0.208. The molecule has 4 aromatic rings. The summed E-state index contributed by atoms with van der Waals surface area (Å²) in [4.78, 5) is 4.86. The largest absolute Gasteiger partial charge is 0.344 e. The number of rotatable bonds is 7. The first-order valence-electron chi connectivity index (χ1n) is 9.88. The molecule has 29 heavy (non-hydrogen) atoms. The first-order chi connectivity index (χ1) is 14.2. The van der Waals surface area contributed by atoms with Crippen LogP contribution in [0.4, 0.5) is 0 Å². The van der Waals surface area contributed by atoms with Crippen molar-refractivity contribution in [2.75, 3.05) is 13.2 Å². The van der Waals surface area contributed by atoms with Crippen molar-refractivity contribution in [1.82, 2.24) is 4.98 Å². The van der Waals surface area contributed by atoms with Gasteiger partial charge < -0.3 is 9.05 Å². The molecule has 5 heteroatoms. The minimum Gasteiger partial charge on any atom is -0.308 e. The van der Waals surface area contributed by atoms with Crippen molar-refractivity contribution in [2.45, 2.75) is 19.5 Å². The van der Waals surface area contributed by atoms with E-state index in [2.05, 4.69) is 12.1 Å². The summed E-state index contributed by atoms with van der Waals surface area (Å²) >= 11 is 0. The van der Waals surface area contributed by atoms with Gasteiger partial charge >= 0.3 is 7.60 Å². The molecule has 4 nitrogen and oxygen atoms in total. The lowest BCUT2D eigenvalue weighted by Crippen LogP contribution is -2.10. The van der Waals surface area contributed by atoms with Crippen molar-refractivity contribution in [3.05, 3.63) is 90.1 Å². The van der Waals surface area contributed by atoms with Gasteiger partial charge in [0.05, 0.1) is 24.4 Å². The van der Waals surface area contributed by atoms with Crippen LogP contribution < -0.4 is 0 Å². The Kier molecular flexibility index (Phi) is 5.77. The first kappa shape index (κ1) is 19.8. The molecule has 0 fully saturated rings. The Labute approximate surface area is 171 Å². The fourth-order valence-corrected chi connectivity index (χ4v) is 5.89. The summed E-state index contributed by atoms with van der Waals surface area (Å²) in [6.07, 6.45) is 0. The highest BCUT2D eigenvalue weighted by Crippen LogP contribution is 2.64. The van der Waals surface area contributed by atoms with Crippen LogP contribution in [-0.2, 0) is 13.6 Å². The molecule has 1 atom stereocenters. The number of nitrogens with zero attached hydrogens (tertiary/aromatic N) is 1. The smallest absolute Gasteiger partial charge is 0.308 e. The maximum atomic E-state index is 14.0. The van der Waals surface area contributed by atoms with Crippen LogP contribution in [0.3, 0.4) is 0 Å². The van der Waals surface area contributed by atoms with Crippen molar-refractivity contribution < 1.29 is 13.6 Å². The second kappa shape index (κ2) is 8.46. The lowest BCUT2D eigenvalue weighted by atomic mass is 10.00. The van der Waals surface area contributed by atoms with Gasteiger partial charge in [0.15, 0.2) is 0 Å². The van der Waals surface area contributed by atoms with Gasteiger partial charge in [-0.25, -0.2) is 0 Å². The van der Waals surface area contributed by atoms with Gasteiger partial charge in [-0.2, -0.15) is 0 Å². The monoisotopic (exact) mass is 405 g/mol. The molecule has 0 N–H and O–H groups in total. The zero-order valence-electron chi connectivity index (χ0n) is 16.6. The van der Waals surface area contributed by atoms with Gasteiger partial charge in [0.25, 0.3) is 0 Å². The molecule has 3 aromatic carbocycles. The van der Waals surface area contributed by atoms with Crippen LogP contribution in [0.2, 0.25) is 0 Å². The molecule has 0 amide bonds. The van der Waals surface area contributed by atoms with E-state index in [1.807, 2.05) is 80.6 Å². The normalized spacial score (nSPS) is 13.0. The number of aromatic nitrogens is 1. The minimum atomic E-state index is -3.52. The van der Waals surface area contributed by atoms with Gasteiger partial charge in [-0.15, -0.1) is 0 Å². The van der Waals surface area contributed by atoms with Crippen molar-refractivity contribution in [3.8, 4) is 0 Å². The lowest BCUT2D eigenvalue weighted by Gasteiger charge is -2.27. The van der Waals surface area contributed by atoms with E-state index >= 15 is 0 Å². The highest BCUT2D eigenvalue weighted by molar-refractivity contribution is 7.54. The van der Waals surface area contributed by atoms with E-state index < -0.39 is 13.3 Å². The summed E-state index contributed by atoms with van der Waals surface area (Å²) in [7, 11) is -3.52. The van der Waals surface area contributed by atoms with E-state index in [1.54, 1.807) is 0 Å². The Balaban J connectivity index is 1.99. The minimum absolute atomic E-state index is 0.298. The standard InChI is InChI=1S/C24H24NO3P/c1-3-27-29(26,28-4-2)24(21-14-9-12-18-10-5-7-13-20(18)21)23-17-16-19-11-6-8-15-22(19)25-23/h5-17,24H,3-4H2,1-2H3. The zero-order chi connectivity index (χ0) is 20.3. The Morgan fingerprint density at radius 1 is 0.793 bits per heavy atom. The number of pyridine rings is 1. The Bertz CT molecular complexity index is 1180. The Hall–Kier alpha value is -2.52. The van der Waals surface area contributed by atoms with Crippen molar-refractivity contribution in [3.63, 3.8) is 0 Å². The molecule has 1 heterocycles. The summed E-state index contributed by atoms with van der Waals surface area (Å²) in [5, 5.41) is 3.14. The molecule has 148 valence electrons. The van der Waals surface area contributed by atoms with Crippen LogP contribution in [0.15, 0.2) is 78.9 Å². The van der Waals surface area contributed by atoms with Crippen LogP contribution in [0, 0.1) is 0 Å². The van der Waals surface area contributed by atoms with Gasteiger partial charge in [-0.1, -0.05) is 66.7 Å². The van der Waals surface area contributed by atoms with Gasteiger partial charge in [0.1, 0.15) is 5.66 Å². The van der Waals surface area contributed by atoms with Crippen molar-refractivity contribution >= 4 is 29.3 Å². The summed E-state index contributed by atoms with van der Waals surface area (Å²) in [5.41, 5.74) is 1.83. The predicted octanol–water partition coefficient (Wildman–Crippen LogP) is 6.74. The molecule has 4 rings (SSSR count). The molecule has 0 spiro atoms. The highest BCUT2D eigenvalue weighted by atomic mass is 31.2. The third kappa shape index (κ3) is 3.84. The molecule has 0 aliphatic rings. The molecule has 1 aromatic heterocycles. The summed E-state index contributed by atoms with van der Waals surface area (Å²) < 4.78 is 25.6. The quantitative estimate of drug-likeness (QED) is 0.319. The number of para-hydroxylation sites is 1. The molecule has 1 unspecified atom stereocenters. The van der Waals surface area contributed by atoms with E-state index in [0.29, 0.717) is 18.9 Å². The van der Waals surface area contributed by atoms with E-state index in [9.17, 15) is 4.57 Å². The number of fused-ring (bicyclic) bond motifs is 2. The SMILES string of the molecule is CCOP(=O)(OCC)C(c1ccc2ccccc2n1)c1cccc2ccccc12. The second-order valence-electron chi connectivity index (χ2n) is 6.78. The predicted molar refractivity (Wildman–Crippen MR) is 118 cm³/mol. The molecule has 0 radical (unpaired) electrons. The molecular weight excluding hydrogens is 381 g/mol. The van der Waals surface area contributed by atoms with Crippen LogP contribution in [0.25, 0.3) is 21.7 Å². The van der Waals surface area contributed by atoms with E-state index in [-0.39, 0.29) is 0 Å². The van der Waals surface area contributed by atoms with E-state index in [0.717, 1.165) is 27.2 Å². The summed E-state index contributed by atoms with van der Waals surface area (Å²) in [5.74, 6) is 0. The fourth-order valence-electron chi connectivity index (χ4n) is 3.76. The zero-order valence-corrected chi connectivity index (χ0v) is 17.5. The average Bonchev–Trinajstić information content (AvgIpc) is 2.74. The van der Waals surface area contributed by atoms with E-state index in [1.165, 1.54) is 0 Å². The van der Waals surface area contributed by atoms with Crippen molar-refractivity contribution in [1.29, 1.82) is 0 Å². The topological polar surface area (TPSA) is 48.4 Å². The van der Waals surface area contributed by atoms with Crippen molar-refractivity contribution in [2.24, 2.45) is 0 Å². The van der Waals surface area contributed by atoms with E-state index in [4.69, 9.17) is 14.0 Å².